The van der Waals surface area contributed by atoms with E-state index >= 15 is 0 Å². The molecule has 196 valence electrons. The van der Waals surface area contributed by atoms with Crippen molar-refractivity contribution in [3.8, 4) is 0 Å². The summed E-state index contributed by atoms with van der Waals surface area (Å²) in [5, 5.41) is 6.34. The molecule has 3 heterocycles. The molecule has 1 fully saturated rings. The Balaban J connectivity index is 1.23. The summed E-state index contributed by atoms with van der Waals surface area (Å²) in [5.74, 6) is 0.372. The molecule has 2 aromatic carbocycles. The topological polar surface area (TPSA) is 76.6 Å². The Morgan fingerprint density at radius 3 is 2.55 bits per heavy atom. The van der Waals surface area contributed by atoms with Crippen LogP contribution in [0.15, 0.2) is 73.1 Å². The molecule has 2 aliphatic rings. The van der Waals surface area contributed by atoms with Gasteiger partial charge in [0.1, 0.15) is 0 Å². The third-order valence-electron chi connectivity index (χ3n) is 6.96. The fraction of sp³-hybridized carbons (Fsp3) is 0.300. The molecule has 38 heavy (non-hydrogen) atoms. The van der Waals surface area contributed by atoms with Crippen LogP contribution in [0, 0.1) is 6.92 Å². The predicted molar refractivity (Wildman–Crippen MR) is 153 cm³/mol. The number of nitrogens with zero attached hydrogens (tertiary/aromatic N) is 5. The minimum absolute atomic E-state index is 0.135. The maximum absolute atomic E-state index is 13.0. The van der Waals surface area contributed by atoms with E-state index in [0.717, 1.165) is 61.8 Å². The van der Waals surface area contributed by atoms with Gasteiger partial charge < -0.3 is 20.4 Å². The van der Waals surface area contributed by atoms with Gasteiger partial charge in [0.25, 0.3) is 5.91 Å². The SMILES string of the molecule is Cc1ccc(NC(=O)c2ccc(CN3CCN(C)CC3)cc2)cc1Nc1nccc(C2=CN(C)CC=C2)n1. The summed E-state index contributed by atoms with van der Waals surface area (Å²) in [6.07, 6.45) is 8.02. The third-order valence-corrected chi connectivity index (χ3v) is 6.96. The van der Waals surface area contributed by atoms with E-state index in [2.05, 4.69) is 55.7 Å². The first-order valence-electron chi connectivity index (χ1n) is 13.0. The summed E-state index contributed by atoms with van der Waals surface area (Å²) in [6.45, 7) is 8.15. The second-order valence-corrected chi connectivity index (χ2v) is 10.1. The van der Waals surface area contributed by atoms with E-state index in [1.54, 1.807) is 6.20 Å². The van der Waals surface area contributed by atoms with Gasteiger partial charge in [-0.05, 0) is 55.4 Å². The summed E-state index contributed by atoms with van der Waals surface area (Å²) in [5.41, 5.74) is 6.33. The standard InChI is InChI=1S/C30H35N7O/c1-22-6-11-26(19-28(22)34-30-31-13-12-27(33-30)25-5-4-14-36(3)21-25)32-29(38)24-9-7-23(8-10-24)20-37-17-15-35(2)16-18-37/h4-13,19,21H,14-18,20H2,1-3H3,(H,32,38)(H,31,33,34). The van der Waals surface area contributed by atoms with Crippen LogP contribution in [0.3, 0.4) is 0 Å². The molecule has 3 aromatic rings. The van der Waals surface area contributed by atoms with Crippen LogP contribution < -0.4 is 10.6 Å². The molecule has 0 radical (unpaired) electrons. The molecule has 2 aliphatic heterocycles. The van der Waals surface area contributed by atoms with Gasteiger partial charge in [-0.25, -0.2) is 9.97 Å². The van der Waals surface area contributed by atoms with Crippen molar-refractivity contribution in [3.05, 3.63) is 95.5 Å². The number of carbonyl (C=O) groups is 1. The number of aryl methyl sites for hydroxylation is 1. The number of hydrogen-bond donors (Lipinski definition) is 2. The maximum Gasteiger partial charge on any atom is 0.255 e. The van der Waals surface area contributed by atoms with Crippen molar-refractivity contribution in [1.82, 2.24) is 24.7 Å². The Morgan fingerprint density at radius 2 is 1.79 bits per heavy atom. The van der Waals surface area contributed by atoms with Crippen LogP contribution in [0.4, 0.5) is 17.3 Å². The lowest BCUT2D eigenvalue weighted by Gasteiger charge is -2.32. The van der Waals surface area contributed by atoms with Gasteiger partial charge in [0.2, 0.25) is 5.95 Å². The van der Waals surface area contributed by atoms with E-state index in [9.17, 15) is 4.79 Å². The molecule has 1 aromatic heterocycles. The summed E-state index contributed by atoms with van der Waals surface area (Å²) in [6, 6.07) is 15.6. The van der Waals surface area contributed by atoms with Crippen LogP contribution in [0.5, 0.6) is 0 Å². The monoisotopic (exact) mass is 509 g/mol. The summed E-state index contributed by atoms with van der Waals surface area (Å²) < 4.78 is 0. The lowest BCUT2D eigenvalue weighted by Crippen LogP contribution is -2.43. The van der Waals surface area contributed by atoms with Crippen molar-refractivity contribution in [2.24, 2.45) is 0 Å². The highest BCUT2D eigenvalue weighted by molar-refractivity contribution is 6.04. The van der Waals surface area contributed by atoms with Gasteiger partial charge in [-0.15, -0.1) is 0 Å². The molecule has 0 saturated carbocycles. The first kappa shape index (κ1) is 25.6. The van der Waals surface area contributed by atoms with Gasteiger partial charge in [0.05, 0.1) is 5.69 Å². The lowest BCUT2D eigenvalue weighted by molar-refractivity contribution is 0.102. The van der Waals surface area contributed by atoms with Gasteiger partial charge in [-0.3, -0.25) is 9.69 Å². The molecule has 2 N–H and O–H groups in total. The number of allylic oxidation sites excluding steroid dienone is 2. The van der Waals surface area contributed by atoms with Crippen LogP contribution in [0.2, 0.25) is 0 Å². The van der Waals surface area contributed by atoms with Crippen molar-refractivity contribution in [1.29, 1.82) is 0 Å². The van der Waals surface area contributed by atoms with E-state index < -0.39 is 0 Å². The number of aromatic nitrogens is 2. The van der Waals surface area contributed by atoms with Crippen LogP contribution in [0.25, 0.3) is 5.57 Å². The van der Waals surface area contributed by atoms with Gasteiger partial charge in [0.15, 0.2) is 0 Å². The molecule has 5 rings (SSSR count). The average Bonchev–Trinajstić information content (AvgIpc) is 2.92. The van der Waals surface area contributed by atoms with E-state index in [1.807, 2.05) is 62.5 Å². The largest absolute Gasteiger partial charge is 0.376 e. The Hall–Kier alpha value is -4.01. The number of nitrogens with one attached hydrogen (secondary N) is 2. The maximum atomic E-state index is 13.0. The third kappa shape index (κ3) is 6.45. The first-order chi connectivity index (χ1) is 18.4. The second-order valence-electron chi connectivity index (χ2n) is 10.1. The highest BCUT2D eigenvalue weighted by Crippen LogP contribution is 2.25. The first-order valence-corrected chi connectivity index (χ1v) is 13.0. The Labute approximate surface area is 224 Å². The molecule has 8 nitrogen and oxygen atoms in total. The zero-order chi connectivity index (χ0) is 26.5. The van der Waals surface area contributed by atoms with Crippen LogP contribution >= 0.6 is 0 Å². The second kappa shape index (κ2) is 11.6. The van der Waals surface area contributed by atoms with Crippen molar-refractivity contribution in [2.45, 2.75) is 13.5 Å². The minimum Gasteiger partial charge on any atom is -0.376 e. The number of anilines is 3. The van der Waals surface area contributed by atoms with E-state index in [1.165, 1.54) is 5.56 Å². The smallest absolute Gasteiger partial charge is 0.255 e. The highest BCUT2D eigenvalue weighted by Gasteiger charge is 2.15. The number of carbonyl (C=O) groups excluding carboxylic acids is 1. The van der Waals surface area contributed by atoms with Gasteiger partial charge in [-0.2, -0.15) is 0 Å². The van der Waals surface area contributed by atoms with E-state index in [0.29, 0.717) is 17.2 Å². The average molecular weight is 510 g/mol. The number of amides is 1. The number of hydrogen-bond acceptors (Lipinski definition) is 7. The molecule has 1 saturated heterocycles. The quantitative estimate of drug-likeness (QED) is 0.490. The molecule has 0 aliphatic carbocycles. The summed E-state index contributed by atoms with van der Waals surface area (Å²) in [7, 11) is 4.20. The van der Waals surface area contributed by atoms with Crippen molar-refractivity contribution in [3.63, 3.8) is 0 Å². The summed E-state index contributed by atoms with van der Waals surface area (Å²) >= 11 is 0. The van der Waals surface area contributed by atoms with E-state index in [4.69, 9.17) is 4.98 Å². The number of benzene rings is 2. The molecule has 0 spiro atoms. The fourth-order valence-corrected chi connectivity index (χ4v) is 4.59. The van der Waals surface area contributed by atoms with Gasteiger partial charge >= 0.3 is 0 Å². The predicted octanol–water partition coefficient (Wildman–Crippen LogP) is 4.37. The fourth-order valence-electron chi connectivity index (χ4n) is 4.59. The van der Waals surface area contributed by atoms with Gasteiger partial charge in [0, 0.05) is 81.2 Å². The molecular weight excluding hydrogens is 474 g/mol. The van der Waals surface area contributed by atoms with Crippen LogP contribution in [-0.4, -0.2) is 77.4 Å². The van der Waals surface area contributed by atoms with Crippen LogP contribution in [-0.2, 0) is 6.54 Å². The number of piperazine rings is 1. The Bertz CT molecular complexity index is 1340. The minimum atomic E-state index is -0.135. The van der Waals surface area contributed by atoms with Crippen molar-refractivity contribution in [2.75, 3.05) is 57.5 Å². The highest BCUT2D eigenvalue weighted by atomic mass is 16.1. The lowest BCUT2D eigenvalue weighted by atomic mass is 10.1. The normalized spacial score (nSPS) is 16.3. The van der Waals surface area contributed by atoms with Crippen LogP contribution in [0.1, 0.15) is 27.2 Å². The summed E-state index contributed by atoms with van der Waals surface area (Å²) in [4.78, 5) is 29.0. The Morgan fingerprint density at radius 1 is 1.00 bits per heavy atom. The molecular formula is C30H35N7O. The number of rotatable bonds is 7. The zero-order valence-corrected chi connectivity index (χ0v) is 22.3. The molecule has 0 bridgehead atoms. The Kier molecular flexibility index (Phi) is 7.81. The van der Waals surface area contributed by atoms with Crippen molar-refractivity contribution >= 4 is 28.8 Å². The molecule has 8 heteroatoms. The number of likely N-dealkylation sites (N-methyl/N-ethyl adjacent to an activating group) is 2. The molecule has 0 atom stereocenters. The van der Waals surface area contributed by atoms with Crippen molar-refractivity contribution < 1.29 is 4.79 Å². The molecule has 1 amide bonds. The zero-order valence-electron chi connectivity index (χ0n) is 22.3. The van der Waals surface area contributed by atoms with Gasteiger partial charge in [-0.1, -0.05) is 30.4 Å². The van der Waals surface area contributed by atoms with E-state index in [-0.39, 0.29) is 5.91 Å². The molecule has 0 unspecified atom stereocenters.